The number of nitrogens with zero attached hydrogens (tertiary/aromatic N) is 1. The molecule has 3 nitrogen and oxygen atoms in total. The first-order chi connectivity index (χ1) is 9.72. The minimum atomic E-state index is 0.107. The molecule has 1 aliphatic rings. The number of aromatic nitrogens is 1. The molecule has 0 fully saturated rings. The molecule has 0 bridgehead atoms. The monoisotopic (exact) mass is 352 g/mol. The number of hydrogen-bond donors (Lipinski definition) is 1. The highest BCUT2D eigenvalue weighted by Crippen LogP contribution is 2.36. The molecule has 20 heavy (non-hydrogen) atoms. The van der Waals surface area contributed by atoms with Crippen LogP contribution < -0.4 is 10.1 Å². The van der Waals surface area contributed by atoms with E-state index in [4.69, 9.17) is 9.72 Å². The second-order valence-electron chi connectivity index (χ2n) is 4.88. The zero-order valence-electron chi connectivity index (χ0n) is 11.6. The number of aryl methyl sites for hydroxylation is 2. The maximum atomic E-state index is 5.34. The number of nitrogens with one attached hydrogen (secondary N) is 1. The van der Waals surface area contributed by atoms with Crippen LogP contribution in [0.4, 0.5) is 0 Å². The number of thiazole rings is 1. The Labute approximate surface area is 131 Å². The van der Waals surface area contributed by atoms with Gasteiger partial charge in [-0.1, -0.05) is 15.9 Å². The Kier molecular flexibility index (Phi) is 4.10. The highest BCUT2D eigenvalue weighted by atomic mass is 79.9. The molecule has 3 rings (SSSR count). The molecule has 0 amide bonds. The first-order valence-corrected chi connectivity index (χ1v) is 8.33. The molecule has 2 aromatic rings. The summed E-state index contributed by atoms with van der Waals surface area (Å²) in [6, 6.07) is 6.16. The molecule has 1 N–H and O–H groups in total. The summed E-state index contributed by atoms with van der Waals surface area (Å²) in [7, 11) is 3.67. The number of hydrogen-bond acceptors (Lipinski definition) is 4. The van der Waals surface area contributed by atoms with Crippen LogP contribution in [-0.2, 0) is 12.8 Å². The molecule has 1 aromatic carbocycles. The topological polar surface area (TPSA) is 34.2 Å². The molecule has 0 spiro atoms. The van der Waals surface area contributed by atoms with E-state index in [0.29, 0.717) is 0 Å². The standard InChI is InChI=1S/C15H17BrN2OS/c1-17-14(10-8-9(19-2)6-7-11(10)16)15-18-12-4-3-5-13(12)20-15/h6-8,14,17H,3-5H2,1-2H3. The summed E-state index contributed by atoms with van der Waals surface area (Å²) in [5, 5.41) is 4.52. The molecule has 1 aliphatic carbocycles. The summed E-state index contributed by atoms with van der Waals surface area (Å²) in [5.41, 5.74) is 2.46. The van der Waals surface area contributed by atoms with Crippen molar-refractivity contribution >= 4 is 27.3 Å². The van der Waals surface area contributed by atoms with Gasteiger partial charge in [-0.25, -0.2) is 4.98 Å². The van der Waals surface area contributed by atoms with Crippen molar-refractivity contribution in [3.8, 4) is 5.75 Å². The molecular formula is C15H17BrN2OS. The molecule has 1 atom stereocenters. The van der Waals surface area contributed by atoms with Gasteiger partial charge in [-0.2, -0.15) is 0 Å². The molecule has 0 saturated heterocycles. The Morgan fingerprint density at radius 2 is 2.25 bits per heavy atom. The van der Waals surface area contributed by atoms with Gasteiger partial charge in [0, 0.05) is 9.35 Å². The smallest absolute Gasteiger partial charge is 0.119 e. The van der Waals surface area contributed by atoms with E-state index < -0.39 is 0 Å². The summed E-state index contributed by atoms with van der Waals surface area (Å²) in [5.74, 6) is 0.868. The number of fused-ring (bicyclic) bond motifs is 1. The van der Waals surface area contributed by atoms with Crippen LogP contribution in [0.5, 0.6) is 5.75 Å². The number of benzene rings is 1. The SMILES string of the molecule is CNC(c1nc2c(s1)CCC2)c1cc(OC)ccc1Br. The largest absolute Gasteiger partial charge is 0.497 e. The zero-order chi connectivity index (χ0) is 14.1. The van der Waals surface area contributed by atoms with Crippen LogP contribution in [0.3, 0.4) is 0 Å². The van der Waals surface area contributed by atoms with E-state index >= 15 is 0 Å². The predicted molar refractivity (Wildman–Crippen MR) is 85.7 cm³/mol. The first-order valence-electron chi connectivity index (χ1n) is 6.72. The van der Waals surface area contributed by atoms with Crippen molar-refractivity contribution in [3.05, 3.63) is 43.8 Å². The lowest BCUT2D eigenvalue weighted by molar-refractivity contribution is 0.413. The van der Waals surface area contributed by atoms with Crippen molar-refractivity contribution < 1.29 is 4.74 Å². The Hall–Kier alpha value is -0.910. The number of ether oxygens (including phenoxy) is 1. The van der Waals surface area contributed by atoms with Gasteiger partial charge in [-0.15, -0.1) is 11.3 Å². The van der Waals surface area contributed by atoms with Crippen LogP contribution in [0.2, 0.25) is 0 Å². The molecule has 5 heteroatoms. The van der Waals surface area contributed by atoms with Crippen LogP contribution in [0, 0.1) is 0 Å². The maximum Gasteiger partial charge on any atom is 0.119 e. The van der Waals surface area contributed by atoms with Gasteiger partial charge in [0.15, 0.2) is 0 Å². The molecule has 1 aromatic heterocycles. The number of rotatable bonds is 4. The van der Waals surface area contributed by atoms with Crippen molar-refractivity contribution in [2.24, 2.45) is 0 Å². The average Bonchev–Trinajstić information content (AvgIpc) is 3.03. The third-order valence-corrected chi connectivity index (χ3v) is 5.61. The fourth-order valence-electron chi connectivity index (χ4n) is 2.62. The van der Waals surface area contributed by atoms with Gasteiger partial charge < -0.3 is 10.1 Å². The Balaban J connectivity index is 2.00. The lowest BCUT2D eigenvalue weighted by Crippen LogP contribution is -2.18. The quantitative estimate of drug-likeness (QED) is 0.910. The Bertz CT molecular complexity index is 605. The number of halogens is 1. The van der Waals surface area contributed by atoms with E-state index in [2.05, 4.69) is 27.3 Å². The predicted octanol–water partition coefficient (Wildman–Crippen LogP) is 3.71. The van der Waals surface area contributed by atoms with E-state index in [1.54, 1.807) is 7.11 Å². The third kappa shape index (κ3) is 2.50. The van der Waals surface area contributed by atoms with E-state index in [1.165, 1.54) is 29.0 Å². The summed E-state index contributed by atoms with van der Waals surface area (Å²) < 4.78 is 6.41. The van der Waals surface area contributed by atoms with Crippen molar-refractivity contribution in [1.29, 1.82) is 0 Å². The normalized spacial score (nSPS) is 15.2. The molecular weight excluding hydrogens is 336 g/mol. The fourth-order valence-corrected chi connectivity index (χ4v) is 4.37. The van der Waals surface area contributed by atoms with Crippen LogP contribution >= 0.6 is 27.3 Å². The van der Waals surface area contributed by atoms with E-state index in [0.717, 1.165) is 21.7 Å². The minimum Gasteiger partial charge on any atom is -0.497 e. The van der Waals surface area contributed by atoms with Crippen LogP contribution in [0.25, 0.3) is 0 Å². The summed E-state index contributed by atoms with van der Waals surface area (Å²) >= 11 is 5.47. The van der Waals surface area contributed by atoms with Gasteiger partial charge >= 0.3 is 0 Å². The molecule has 0 saturated carbocycles. The fraction of sp³-hybridized carbons (Fsp3) is 0.400. The summed E-state index contributed by atoms with van der Waals surface area (Å²) in [4.78, 5) is 6.29. The van der Waals surface area contributed by atoms with Crippen molar-refractivity contribution in [3.63, 3.8) is 0 Å². The second-order valence-corrected chi connectivity index (χ2v) is 6.85. The second kappa shape index (κ2) is 5.84. The number of methoxy groups -OCH3 is 1. The van der Waals surface area contributed by atoms with Crippen molar-refractivity contribution in [1.82, 2.24) is 10.3 Å². The van der Waals surface area contributed by atoms with Gasteiger partial charge in [-0.3, -0.25) is 0 Å². The summed E-state index contributed by atoms with van der Waals surface area (Å²) in [6.45, 7) is 0. The average molecular weight is 353 g/mol. The first kappa shape index (κ1) is 14.0. The van der Waals surface area contributed by atoms with E-state index in [-0.39, 0.29) is 6.04 Å². The van der Waals surface area contributed by atoms with Gasteiger partial charge in [0.2, 0.25) is 0 Å². The van der Waals surface area contributed by atoms with E-state index in [1.807, 2.05) is 30.5 Å². The maximum absolute atomic E-state index is 5.34. The molecule has 0 radical (unpaired) electrons. The summed E-state index contributed by atoms with van der Waals surface area (Å²) in [6.07, 6.45) is 3.56. The van der Waals surface area contributed by atoms with Crippen LogP contribution in [-0.4, -0.2) is 19.1 Å². The highest BCUT2D eigenvalue weighted by Gasteiger charge is 2.23. The highest BCUT2D eigenvalue weighted by molar-refractivity contribution is 9.10. The van der Waals surface area contributed by atoms with Gasteiger partial charge in [0.1, 0.15) is 10.8 Å². The van der Waals surface area contributed by atoms with E-state index in [9.17, 15) is 0 Å². The molecule has 1 heterocycles. The minimum absolute atomic E-state index is 0.107. The molecule has 0 aliphatic heterocycles. The van der Waals surface area contributed by atoms with Crippen molar-refractivity contribution in [2.75, 3.05) is 14.2 Å². The molecule has 106 valence electrons. The Morgan fingerprint density at radius 1 is 1.40 bits per heavy atom. The zero-order valence-corrected chi connectivity index (χ0v) is 14.0. The van der Waals surface area contributed by atoms with Crippen LogP contribution in [0.1, 0.15) is 33.6 Å². The van der Waals surface area contributed by atoms with Crippen molar-refractivity contribution in [2.45, 2.75) is 25.3 Å². The lowest BCUT2D eigenvalue weighted by Gasteiger charge is -2.17. The van der Waals surface area contributed by atoms with Gasteiger partial charge in [0.25, 0.3) is 0 Å². The van der Waals surface area contributed by atoms with Crippen LogP contribution in [0.15, 0.2) is 22.7 Å². The third-order valence-electron chi connectivity index (χ3n) is 3.66. The van der Waals surface area contributed by atoms with Gasteiger partial charge in [0.05, 0.1) is 18.8 Å². The Morgan fingerprint density at radius 3 is 2.95 bits per heavy atom. The van der Waals surface area contributed by atoms with Gasteiger partial charge in [-0.05, 0) is 50.1 Å². The molecule has 1 unspecified atom stereocenters. The lowest BCUT2D eigenvalue weighted by atomic mass is 10.1.